The average Bonchev–Trinajstić information content (AvgIpc) is 2.63. The first-order chi connectivity index (χ1) is 12.5. The Labute approximate surface area is 154 Å². The lowest BCUT2D eigenvalue weighted by Crippen LogP contribution is -2.34. The average molecular weight is 355 g/mol. The molecule has 0 aliphatic carbocycles. The van der Waals surface area contributed by atoms with Crippen LogP contribution in [0.5, 0.6) is 0 Å². The molecule has 5 nitrogen and oxygen atoms in total. The van der Waals surface area contributed by atoms with Gasteiger partial charge in [-0.3, -0.25) is 9.59 Å². The number of rotatable bonds is 10. The number of amides is 1. The van der Waals surface area contributed by atoms with E-state index in [2.05, 4.69) is 5.32 Å². The summed E-state index contributed by atoms with van der Waals surface area (Å²) in [7, 11) is 0. The van der Waals surface area contributed by atoms with Gasteiger partial charge in [-0.2, -0.15) is 0 Å². The second-order valence-corrected chi connectivity index (χ2v) is 6.32. The van der Waals surface area contributed by atoms with Crippen LogP contribution in [-0.2, 0) is 27.4 Å². The van der Waals surface area contributed by atoms with Gasteiger partial charge in [0.05, 0.1) is 19.1 Å². The summed E-state index contributed by atoms with van der Waals surface area (Å²) < 4.78 is 5.48. The highest BCUT2D eigenvalue weighted by molar-refractivity contribution is 5.77. The maximum absolute atomic E-state index is 11.9. The van der Waals surface area contributed by atoms with Crippen molar-refractivity contribution in [3.05, 3.63) is 71.3 Å². The predicted octanol–water partition coefficient (Wildman–Crippen LogP) is 2.96. The molecule has 0 heterocycles. The zero-order chi connectivity index (χ0) is 18.8. The van der Waals surface area contributed by atoms with Gasteiger partial charge in [0.2, 0.25) is 5.91 Å². The molecule has 0 radical (unpaired) electrons. The minimum atomic E-state index is -0.910. The van der Waals surface area contributed by atoms with Crippen molar-refractivity contribution < 1.29 is 19.4 Å². The van der Waals surface area contributed by atoms with Gasteiger partial charge < -0.3 is 15.2 Å². The summed E-state index contributed by atoms with van der Waals surface area (Å²) in [5, 5.41) is 12.1. The van der Waals surface area contributed by atoms with Gasteiger partial charge in [0.25, 0.3) is 0 Å². The number of aliphatic carboxylic acids is 1. The number of carbonyl (C=O) groups excluding carboxylic acids is 1. The number of nitrogens with one attached hydrogen (secondary N) is 1. The van der Waals surface area contributed by atoms with E-state index in [1.165, 1.54) is 0 Å². The SMILES string of the molecule is Cc1cccc(CC(CNC(=O)CCOCc2ccccc2)C(=O)O)c1. The fourth-order valence-electron chi connectivity index (χ4n) is 2.62. The monoisotopic (exact) mass is 355 g/mol. The van der Waals surface area contributed by atoms with E-state index >= 15 is 0 Å². The van der Waals surface area contributed by atoms with Gasteiger partial charge >= 0.3 is 5.97 Å². The second-order valence-electron chi connectivity index (χ2n) is 6.32. The smallest absolute Gasteiger partial charge is 0.308 e. The lowest BCUT2D eigenvalue weighted by atomic mass is 9.98. The number of carboxylic acid groups (broad SMARTS) is 1. The number of carbonyl (C=O) groups is 2. The van der Waals surface area contributed by atoms with Gasteiger partial charge in [0, 0.05) is 13.0 Å². The van der Waals surface area contributed by atoms with Crippen LogP contribution in [-0.4, -0.2) is 30.1 Å². The molecule has 26 heavy (non-hydrogen) atoms. The predicted molar refractivity (Wildman–Crippen MR) is 99.7 cm³/mol. The van der Waals surface area contributed by atoms with Crippen molar-refractivity contribution in [3.8, 4) is 0 Å². The van der Waals surface area contributed by atoms with Crippen molar-refractivity contribution in [1.29, 1.82) is 0 Å². The fraction of sp³-hybridized carbons (Fsp3) is 0.333. The lowest BCUT2D eigenvalue weighted by Gasteiger charge is -2.14. The van der Waals surface area contributed by atoms with E-state index in [0.717, 1.165) is 16.7 Å². The molecule has 0 saturated carbocycles. The van der Waals surface area contributed by atoms with Crippen molar-refractivity contribution in [1.82, 2.24) is 5.32 Å². The van der Waals surface area contributed by atoms with Crippen LogP contribution in [0.4, 0.5) is 0 Å². The summed E-state index contributed by atoms with van der Waals surface area (Å²) in [4.78, 5) is 23.3. The molecule has 1 unspecified atom stereocenters. The molecule has 138 valence electrons. The largest absolute Gasteiger partial charge is 0.481 e. The summed E-state index contributed by atoms with van der Waals surface area (Å²) in [6.07, 6.45) is 0.603. The Morgan fingerprint density at radius 2 is 1.81 bits per heavy atom. The molecule has 0 saturated heterocycles. The van der Waals surface area contributed by atoms with E-state index in [9.17, 15) is 14.7 Å². The van der Waals surface area contributed by atoms with Gasteiger partial charge in [-0.05, 0) is 24.5 Å². The minimum absolute atomic E-state index is 0.112. The van der Waals surface area contributed by atoms with Gasteiger partial charge in [-0.25, -0.2) is 0 Å². The highest BCUT2D eigenvalue weighted by atomic mass is 16.5. The topological polar surface area (TPSA) is 75.6 Å². The molecule has 0 aliphatic rings. The molecule has 1 amide bonds. The molecule has 0 bridgehead atoms. The molecule has 0 fully saturated rings. The number of hydrogen-bond acceptors (Lipinski definition) is 3. The van der Waals surface area contributed by atoms with Crippen LogP contribution in [0.3, 0.4) is 0 Å². The molecule has 0 spiro atoms. The first-order valence-corrected chi connectivity index (χ1v) is 8.71. The molecule has 2 aromatic rings. The zero-order valence-corrected chi connectivity index (χ0v) is 15.0. The van der Waals surface area contributed by atoms with E-state index in [1.807, 2.05) is 61.5 Å². The third kappa shape index (κ3) is 7.07. The van der Waals surface area contributed by atoms with Crippen molar-refractivity contribution in [3.63, 3.8) is 0 Å². The molecule has 0 aromatic heterocycles. The molecule has 0 aliphatic heterocycles. The summed E-state index contributed by atoms with van der Waals surface area (Å²) >= 11 is 0. The summed E-state index contributed by atoms with van der Waals surface area (Å²) in [6, 6.07) is 17.5. The number of carboxylic acids is 1. The van der Waals surface area contributed by atoms with Gasteiger partial charge in [0.1, 0.15) is 0 Å². The van der Waals surface area contributed by atoms with Crippen LogP contribution >= 0.6 is 0 Å². The highest BCUT2D eigenvalue weighted by Gasteiger charge is 2.19. The number of benzene rings is 2. The van der Waals surface area contributed by atoms with E-state index in [0.29, 0.717) is 19.6 Å². The van der Waals surface area contributed by atoms with Crippen LogP contribution in [0.15, 0.2) is 54.6 Å². The minimum Gasteiger partial charge on any atom is -0.481 e. The van der Waals surface area contributed by atoms with E-state index < -0.39 is 11.9 Å². The van der Waals surface area contributed by atoms with Crippen molar-refractivity contribution >= 4 is 11.9 Å². The van der Waals surface area contributed by atoms with Crippen molar-refractivity contribution in [2.75, 3.05) is 13.2 Å². The Hall–Kier alpha value is -2.66. The van der Waals surface area contributed by atoms with Crippen molar-refractivity contribution in [2.24, 2.45) is 5.92 Å². The Bertz CT molecular complexity index is 715. The van der Waals surface area contributed by atoms with Gasteiger partial charge in [-0.1, -0.05) is 60.2 Å². The molecule has 5 heteroatoms. The van der Waals surface area contributed by atoms with E-state index in [-0.39, 0.29) is 18.9 Å². The lowest BCUT2D eigenvalue weighted by molar-refractivity contribution is -0.141. The second kappa shape index (κ2) is 10.4. The first kappa shape index (κ1) is 19.7. The van der Waals surface area contributed by atoms with Crippen LogP contribution in [0.1, 0.15) is 23.1 Å². The van der Waals surface area contributed by atoms with E-state index in [1.54, 1.807) is 0 Å². The maximum Gasteiger partial charge on any atom is 0.308 e. The van der Waals surface area contributed by atoms with Crippen molar-refractivity contribution in [2.45, 2.75) is 26.4 Å². The normalized spacial score (nSPS) is 11.7. The number of ether oxygens (including phenoxy) is 1. The van der Waals surface area contributed by atoms with Crippen LogP contribution in [0.25, 0.3) is 0 Å². The molecule has 1 atom stereocenters. The Morgan fingerprint density at radius 3 is 2.50 bits per heavy atom. The molecular formula is C21H25NO4. The number of hydrogen-bond donors (Lipinski definition) is 2. The number of aryl methyl sites for hydroxylation is 1. The summed E-state index contributed by atoms with van der Waals surface area (Å²) in [5.74, 6) is -1.76. The Balaban J connectivity index is 1.70. The fourth-order valence-corrected chi connectivity index (χ4v) is 2.62. The molecular weight excluding hydrogens is 330 g/mol. The third-order valence-electron chi connectivity index (χ3n) is 4.04. The van der Waals surface area contributed by atoms with Crippen LogP contribution in [0.2, 0.25) is 0 Å². The summed E-state index contributed by atoms with van der Waals surface area (Å²) in [5.41, 5.74) is 3.10. The quantitative estimate of drug-likeness (QED) is 0.643. The summed E-state index contributed by atoms with van der Waals surface area (Å²) in [6.45, 7) is 2.84. The standard InChI is InChI=1S/C21H25NO4/c1-16-6-5-9-18(12-16)13-19(21(24)25)14-22-20(23)10-11-26-15-17-7-3-2-4-8-17/h2-9,12,19H,10-11,13-15H2,1H3,(H,22,23)(H,24,25). The van der Waals surface area contributed by atoms with E-state index in [4.69, 9.17) is 4.74 Å². The molecule has 2 rings (SSSR count). The Kier molecular flexibility index (Phi) is 7.83. The molecule has 2 aromatic carbocycles. The maximum atomic E-state index is 11.9. The zero-order valence-electron chi connectivity index (χ0n) is 15.0. The van der Waals surface area contributed by atoms with Gasteiger partial charge in [0.15, 0.2) is 0 Å². The highest BCUT2D eigenvalue weighted by Crippen LogP contribution is 2.11. The first-order valence-electron chi connectivity index (χ1n) is 8.71. The van der Waals surface area contributed by atoms with Gasteiger partial charge in [-0.15, -0.1) is 0 Å². The third-order valence-corrected chi connectivity index (χ3v) is 4.04. The van der Waals surface area contributed by atoms with Crippen LogP contribution in [0, 0.1) is 12.8 Å². The molecule has 2 N–H and O–H groups in total. The Morgan fingerprint density at radius 1 is 1.08 bits per heavy atom. The van der Waals surface area contributed by atoms with Crippen LogP contribution < -0.4 is 5.32 Å².